The fourth-order valence-corrected chi connectivity index (χ4v) is 7.12. The van der Waals surface area contributed by atoms with Crippen LogP contribution in [0.1, 0.15) is 35.6 Å². The molecule has 1 aliphatic rings. The zero-order chi connectivity index (χ0) is 28.3. The van der Waals surface area contributed by atoms with E-state index < -0.39 is 21.0 Å². The Morgan fingerprint density at radius 3 is 2.33 bits per heavy atom. The van der Waals surface area contributed by atoms with Crippen LogP contribution in [0.5, 0.6) is 0 Å². The summed E-state index contributed by atoms with van der Waals surface area (Å²) in [5.41, 5.74) is 3.32. The van der Waals surface area contributed by atoms with Crippen LogP contribution in [0, 0.1) is 0 Å². The van der Waals surface area contributed by atoms with Crippen LogP contribution in [0.15, 0.2) is 77.7 Å². The zero-order valence-corrected chi connectivity index (χ0v) is 23.3. The minimum Gasteiger partial charge on any atom is -0.352 e. The van der Waals surface area contributed by atoms with Gasteiger partial charge in [0.05, 0.1) is 21.7 Å². The van der Waals surface area contributed by atoms with Crippen molar-refractivity contribution in [2.24, 2.45) is 0 Å². The third kappa shape index (κ3) is 6.37. The largest absolute Gasteiger partial charge is 0.352 e. The van der Waals surface area contributed by atoms with Crippen LogP contribution in [0.25, 0.3) is 21.3 Å². The number of hydrogen-bond acceptors (Lipinski definition) is 7. The van der Waals surface area contributed by atoms with E-state index in [0.717, 1.165) is 45.6 Å². The molecule has 11 heteroatoms. The molecule has 206 valence electrons. The predicted molar refractivity (Wildman–Crippen MR) is 153 cm³/mol. The van der Waals surface area contributed by atoms with Gasteiger partial charge < -0.3 is 16.0 Å². The molecule has 1 saturated carbocycles. The van der Waals surface area contributed by atoms with Crippen molar-refractivity contribution in [1.82, 2.24) is 20.9 Å². The first-order valence-corrected chi connectivity index (χ1v) is 15.2. The maximum absolute atomic E-state index is 13.7. The highest BCUT2D eigenvalue weighted by molar-refractivity contribution is 7.92. The Labute approximate surface area is 235 Å². The van der Waals surface area contributed by atoms with Gasteiger partial charge in [0.15, 0.2) is 15.1 Å². The number of hydrogen-bond donors (Lipinski definition) is 3. The van der Waals surface area contributed by atoms with Crippen molar-refractivity contribution < 1.29 is 22.8 Å². The van der Waals surface area contributed by atoms with Crippen LogP contribution < -0.4 is 16.0 Å². The summed E-state index contributed by atoms with van der Waals surface area (Å²) >= 11 is 1.13. The summed E-state index contributed by atoms with van der Waals surface area (Å²) in [6, 6.07) is 21.2. The van der Waals surface area contributed by atoms with E-state index in [1.807, 2.05) is 42.5 Å². The SMILES string of the molecule is CC(=O)NCc1ccc(-c2ccc3sc(C(C(=O)NCC(=O)NC4CC4)S(=O)(=O)c4ccccc4)nc3c2)cc1. The molecule has 1 fully saturated rings. The van der Waals surface area contributed by atoms with Crippen molar-refractivity contribution in [3.63, 3.8) is 0 Å². The number of thiazole rings is 1. The highest BCUT2D eigenvalue weighted by Gasteiger charge is 2.38. The molecular formula is C29H28N4O5S2. The van der Waals surface area contributed by atoms with E-state index in [1.54, 1.807) is 18.2 Å². The summed E-state index contributed by atoms with van der Waals surface area (Å²) in [5, 5.41) is 6.57. The van der Waals surface area contributed by atoms with Crippen LogP contribution >= 0.6 is 11.3 Å². The molecule has 3 N–H and O–H groups in total. The van der Waals surface area contributed by atoms with Gasteiger partial charge in [-0.15, -0.1) is 11.3 Å². The number of nitrogens with one attached hydrogen (secondary N) is 3. The molecule has 0 spiro atoms. The van der Waals surface area contributed by atoms with Crippen molar-refractivity contribution in [3.8, 4) is 11.1 Å². The van der Waals surface area contributed by atoms with Gasteiger partial charge in [0.25, 0.3) is 0 Å². The maximum Gasteiger partial charge on any atom is 0.246 e. The molecule has 9 nitrogen and oxygen atoms in total. The summed E-state index contributed by atoms with van der Waals surface area (Å²) in [6.07, 6.45) is 1.80. The molecule has 1 unspecified atom stereocenters. The monoisotopic (exact) mass is 576 g/mol. The topological polar surface area (TPSA) is 134 Å². The predicted octanol–water partition coefficient (Wildman–Crippen LogP) is 3.51. The van der Waals surface area contributed by atoms with Crippen molar-refractivity contribution >= 4 is 49.1 Å². The normalized spacial score (nSPS) is 13.9. The Morgan fingerprint density at radius 2 is 1.65 bits per heavy atom. The van der Waals surface area contributed by atoms with Crippen molar-refractivity contribution in [2.45, 2.75) is 42.5 Å². The molecule has 40 heavy (non-hydrogen) atoms. The van der Waals surface area contributed by atoms with Gasteiger partial charge in [0.2, 0.25) is 17.7 Å². The van der Waals surface area contributed by atoms with Gasteiger partial charge in [0.1, 0.15) is 5.01 Å². The quantitative estimate of drug-likeness (QED) is 0.265. The van der Waals surface area contributed by atoms with Crippen LogP contribution in [-0.2, 0) is 30.8 Å². The lowest BCUT2D eigenvalue weighted by atomic mass is 10.0. The Morgan fingerprint density at radius 1 is 0.950 bits per heavy atom. The maximum atomic E-state index is 13.7. The number of nitrogens with zero attached hydrogens (tertiary/aromatic N) is 1. The number of rotatable bonds is 10. The fourth-order valence-electron chi connectivity index (χ4n) is 4.18. The number of benzene rings is 3. The Kier molecular flexibility index (Phi) is 7.95. The van der Waals surface area contributed by atoms with E-state index in [9.17, 15) is 22.8 Å². The van der Waals surface area contributed by atoms with Crippen molar-refractivity contribution in [2.75, 3.05) is 6.54 Å². The number of sulfone groups is 1. The Balaban J connectivity index is 1.44. The van der Waals surface area contributed by atoms with Gasteiger partial charge in [-0.05, 0) is 53.8 Å². The summed E-state index contributed by atoms with van der Waals surface area (Å²) in [5.74, 6) is -1.26. The standard InChI is InChI=1S/C29H28N4O5S2/c1-18(34)30-16-19-7-9-20(10-8-19)21-11-14-25-24(15-21)33-29(39-25)27(40(37,38)23-5-3-2-4-6-23)28(36)31-17-26(35)32-22-12-13-22/h2-11,14-15,22,27H,12-13,16-17H2,1H3,(H,30,34)(H,31,36)(H,32,35). The second kappa shape index (κ2) is 11.6. The molecule has 1 aliphatic carbocycles. The first-order chi connectivity index (χ1) is 19.2. The molecule has 4 aromatic rings. The molecule has 1 heterocycles. The lowest BCUT2D eigenvalue weighted by molar-refractivity contribution is -0.126. The summed E-state index contributed by atoms with van der Waals surface area (Å²) < 4.78 is 28.1. The fraction of sp³-hybridized carbons (Fsp3) is 0.241. The van der Waals surface area contributed by atoms with E-state index in [0.29, 0.717) is 12.1 Å². The van der Waals surface area contributed by atoms with Crippen LogP contribution in [0.4, 0.5) is 0 Å². The molecule has 5 rings (SSSR count). The average Bonchev–Trinajstić information content (AvgIpc) is 3.66. The molecule has 0 aliphatic heterocycles. The van der Waals surface area contributed by atoms with Gasteiger partial charge in [-0.1, -0.05) is 48.5 Å². The number of carbonyl (C=O) groups excluding carboxylic acids is 3. The first kappa shape index (κ1) is 27.5. The molecule has 3 aromatic carbocycles. The van der Waals surface area contributed by atoms with E-state index >= 15 is 0 Å². The third-order valence-electron chi connectivity index (χ3n) is 6.44. The lowest BCUT2D eigenvalue weighted by Crippen LogP contribution is -2.41. The Hall–Kier alpha value is -4.09. The first-order valence-electron chi connectivity index (χ1n) is 12.8. The van der Waals surface area contributed by atoms with Crippen LogP contribution in [0.2, 0.25) is 0 Å². The smallest absolute Gasteiger partial charge is 0.246 e. The summed E-state index contributed by atoms with van der Waals surface area (Å²) in [4.78, 5) is 41.3. The molecule has 0 saturated heterocycles. The van der Waals surface area contributed by atoms with Gasteiger partial charge in [-0.2, -0.15) is 0 Å². The van der Waals surface area contributed by atoms with Gasteiger partial charge in [0, 0.05) is 19.5 Å². The summed E-state index contributed by atoms with van der Waals surface area (Å²) in [7, 11) is -4.16. The van der Waals surface area contributed by atoms with Crippen LogP contribution in [0.3, 0.4) is 0 Å². The number of amides is 3. The lowest BCUT2D eigenvalue weighted by Gasteiger charge is -2.15. The van der Waals surface area contributed by atoms with E-state index in [2.05, 4.69) is 20.9 Å². The molecule has 3 amide bonds. The van der Waals surface area contributed by atoms with Crippen LogP contribution in [-0.4, -0.2) is 43.7 Å². The minimum absolute atomic E-state index is 0.00289. The third-order valence-corrected chi connectivity index (χ3v) is 9.68. The molecular weight excluding hydrogens is 548 g/mol. The summed E-state index contributed by atoms with van der Waals surface area (Å²) in [6.45, 7) is 1.59. The molecule has 1 atom stereocenters. The van der Waals surface area contributed by atoms with E-state index in [1.165, 1.54) is 19.1 Å². The molecule has 0 bridgehead atoms. The van der Waals surface area contributed by atoms with Crippen molar-refractivity contribution in [1.29, 1.82) is 0 Å². The van der Waals surface area contributed by atoms with E-state index in [4.69, 9.17) is 0 Å². The second-order valence-corrected chi connectivity index (χ2v) is 12.7. The van der Waals surface area contributed by atoms with Gasteiger partial charge >= 0.3 is 0 Å². The molecule has 1 aromatic heterocycles. The highest BCUT2D eigenvalue weighted by atomic mass is 32.2. The Bertz CT molecular complexity index is 1660. The highest BCUT2D eigenvalue weighted by Crippen LogP contribution is 2.36. The molecule has 0 radical (unpaired) electrons. The van der Waals surface area contributed by atoms with E-state index in [-0.39, 0.29) is 34.3 Å². The van der Waals surface area contributed by atoms with Crippen molar-refractivity contribution in [3.05, 3.63) is 83.4 Å². The zero-order valence-electron chi connectivity index (χ0n) is 21.7. The van der Waals surface area contributed by atoms with Gasteiger partial charge in [-0.3, -0.25) is 14.4 Å². The number of carbonyl (C=O) groups is 3. The van der Waals surface area contributed by atoms with Gasteiger partial charge in [-0.25, -0.2) is 13.4 Å². The number of fused-ring (bicyclic) bond motifs is 1. The minimum atomic E-state index is -4.16. The average molecular weight is 577 g/mol. The number of aromatic nitrogens is 1. The second-order valence-electron chi connectivity index (χ2n) is 9.64.